The summed E-state index contributed by atoms with van der Waals surface area (Å²) in [5, 5.41) is 2.38. The number of carbonyl (C=O) groups is 2. The van der Waals surface area contributed by atoms with Gasteiger partial charge in [0.1, 0.15) is 11.6 Å². The summed E-state index contributed by atoms with van der Waals surface area (Å²) in [4.78, 5) is 23.9. The van der Waals surface area contributed by atoms with E-state index in [4.69, 9.17) is 4.74 Å². The average molecular weight is 400 g/mol. The fraction of sp³-hybridized carbons (Fsp3) is 0.556. The molecule has 0 aliphatic heterocycles. The molecule has 1 rings (SSSR count). The molecule has 0 saturated carbocycles. The molecular weight excluding hydrogens is 372 g/mol. The second kappa shape index (κ2) is 8.71. The van der Waals surface area contributed by atoms with Crippen molar-refractivity contribution in [2.45, 2.75) is 58.1 Å². The lowest BCUT2D eigenvalue weighted by atomic mass is 10.1. The molecule has 27 heavy (non-hydrogen) atoms. The summed E-state index contributed by atoms with van der Waals surface area (Å²) >= 11 is 0. The number of amides is 1. The molecule has 2 N–H and O–H groups in total. The number of ether oxygens (including phenoxy) is 2. The highest BCUT2D eigenvalue weighted by molar-refractivity contribution is 7.89. The van der Waals surface area contributed by atoms with Crippen LogP contribution in [0.2, 0.25) is 0 Å². The van der Waals surface area contributed by atoms with Crippen molar-refractivity contribution in [1.29, 1.82) is 0 Å². The Balaban J connectivity index is 3.03. The number of hydrogen-bond acceptors (Lipinski definition) is 6. The molecule has 0 saturated heterocycles. The number of sulfonamides is 1. The third-order valence-corrected chi connectivity index (χ3v) is 5.28. The number of rotatable bonds is 6. The van der Waals surface area contributed by atoms with E-state index < -0.39 is 33.7 Å². The van der Waals surface area contributed by atoms with Crippen LogP contribution >= 0.6 is 0 Å². The lowest BCUT2D eigenvalue weighted by Gasteiger charge is -2.22. The molecule has 0 radical (unpaired) electrons. The molecule has 0 aromatic heterocycles. The maximum atomic E-state index is 12.8. The van der Waals surface area contributed by atoms with Gasteiger partial charge in [0.05, 0.1) is 12.0 Å². The van der Waals surface area contributed by atoms with Gasteiger partial charge in [0.25, 0.3) is 0 Å². The van der Waals surface area contributed by atoms with Crippen LogP contribution in [0.15, 0.2) is 17.0 Å². The van der Waals surface area contributed by atoms with Crippen molar-refractivity contribution in [2.24, 2.45) is 0 Å². The minimum Gasteiger partial charge on any atom is -0.468 e. The molecule has 1 aromatic rings. The van der Waals surface area contributed by atoms with Gasteiger partial charge in [0.15, 0.2) is 0 Å². The van der Waals surface area contributed by atoms with Crippen LogP contribution in [0.5, 0.6) is 0 Å². The van der Waals surface area contributed by atoms with E-state index in [1.165, 1.54) is 0 Å². The molecular formula is C18H28N2O6S. The number of methoxy groups -OCH3 is 1. The third-order valence-electron chi connectivity index (χ3n) is 3.51. The Bertz CT molecular complexity index is 789. The van der Waals surface area contributed by atoms with E-state index in [9.17, 15) is 18.0 Å². The van der Waals surface area contributed by atoms with Crippen molar-refractivity contribution < 1.29 is 27.5 Å². The van der Waals surface area contributed by atoms with Crippen LogP contribution in [0.3, 0.4) is 0 Å². The maximum Gasteiger partial charge on any atom is 0.407 e. The zero-order chi connectivity index (χ0) is 21.0. The van der Waals surface area contributed by atoms with Gasteiger partial charge < -0.3 is 14.8 Å². The third kappa shape index (κ3) is 6.84. The van der Waals surface area contributed by atoms with Crippen molar-refractivity contribution in [3.05, 3.63) is 28.8 Å². The average Bonchev–Trinajstić information content (AvgIpc) is 2.47. The first-order valence-corrected chi connectivity index (χ1v) is 9.90. The van der Waals surface area contributed by atoms with E-state index in [1.807, 2.05) is 6.92 Å². The first-order chi connectivity index (χ1) is 12.3. The van der Waals surface area contributed by atoms with Gasteiger partial charge >= 0.3 is 12.1 Å². The van der Waals surface area contributed by atoms with Crippen LogP contribution in [0, 0.1) is 20.8 Å². The Morgan fingerprint density at radius 3 is 2.07 bits per heavy atom. The van der Waals surface area contributed by atoms with Gasteiger partial charge in [-0.25, -0.2) is 13.2 Å². The van der Waals surface area contributed by atoms with Crippen molar-refractivity contribution in [3.8, 4) is 0 Å². The van der Waals surface area contributed by atoms with E-state index >= 15 is 0 Å². The van der Waals surface area contributed by atoms with E-state index in [-0.39, 0.29) is 11.4 Å². The van der Waals surface area contributed by atoms with E-state index in [2.05, 4.69) is 14.8 Å². The molecule has 0 heterocycles. The number of benzene rings is 1. The molecule has 8 nitrogen and oxygen atoms in total. The number of carbonyl (C=O) groups excluding carboxylic acids is 2. The smallest absolute Gasteiger partial charge is 0.407 e. The van der Waals surface area contributed by atoms with Gasteiger partial charge in [0.2, 0.25) is 10.0 Å². The molecule has 1 aromatic carbocycles. The molecule has 9 heteroatoms. The summed E-state index contributed by atoms with van der Waals surface area (Å²) in [5.41, 5.74) is 1.33. The molecule has 1 atom stereocenters. The monoisotopic (exact) mass is 400 g/mol. The van der Waals surface area contributed by atoms with Gasteiger partial charge in [0, 0.05) is 6.54 Å². The Morgan fingerprint density at radius 2 is 1.63 bits per heavy atom. The zero-order valence-electron chi connectivity index (χ0n) is 16.8. The first kappa shape index (κ1) is 22.9. The number of alkyl carbamates (subject to hydrolysis) is 1. The predicted molar refractivity (Wildman–Crippen MR) is 101 cm³/mol. The highest BCUT2D eigenvalue weighted by Crippen LogP contribution is 2.22. The van der Waals surface area contributed by atoms with Gasteiger partial charge in [-0.1, -0.05) is 17.7 Å². The minimum absolute atomic E-state index is 0.0965. The molecule has 0 bridgehead atoms. The highest BCUT2D eigenvalue weighted by atomic mass is 32.2. The molecule has 1 amide bonds. The minimum atomic E-state index is -4.02. The summed E-state index contributed by atoms with van der Waals surface area (Å²) < 4.78 is 37.7. The molecule has 152 valence electrons. The highest BCUT2D eigenvalue weighted by Gasteiger charge is 2.29. The lowest BCUT2D eigenvalue weighted by Crippen LogP contribution is -2.49. The number of nitrogens with one attached hydrogen (secondary N) is 2. The van der Waals surface area contributed by atoms with E-state index in [1.54, 1.807) is 46.8 Å². The summed E-state index contributed by atoms with van der Waals surface area (Å²) in [5.74, 6) is -0.822. The summed E-state index contributed by atoms with van der Waals surface area (Å²) in [6.45, 7) is 9.99. The number of aryl methyl sites for hydroxylation is 3. The predicted octanol–water partition coefficient (Wildman–Crippen LogP) is 1.96. The number of hydrogen-bond donors (Lipinski definition) is 2. The zero-order valence-corrected chi connectivity index (χ0v) is 17.6. The van der Waals surface area contributed by atoms with Crippen LogP contribution in [0.4, 0.5) is 4.79 Å². The fourth-order valence-electron chi connectivity index (χ4n) is 2.65. The van der Waals surface area contributed by atoms with E-state index in [0.29, 0.717) is 11.1 Å². The van der Waals surface area contributed by atoms with Crippen molar-refractivity contribution in [1.82, 2.24) is 10.0 Å². The van der Waals surface area contributed by atoms with Crippen LogP contribution in [0.25, 0.3) is 0 Å². The SMILES string of the molecule is COC(=O)C(CNC(=O)OC(C)(C)C)NS(=O)(=O)c1c(C)cc(C)cc1C. The molecule has 0 aliphatic carbocycles. The topological polar surface area (TPSA) is 111 Å². The van der Waals surface area contributed by atoms with Crippen molar-refractivity contribution in [2.75, 3.05) is 13.7 Å². The first-order valence-electron chi connectivity index (χ1n) is 8.41. The Morgan fingerprint density at radius 1 is 1.11 bits per heavy atom. The van der Waals surface area contributed by atoms with Crippen molar-refractivity contribution >= 4 is 22.1 Å². The maximum absolute atomic E-state index is 12.8. The second-order valence-electron chi connectivity index (χ2n) is 7.31. The number of esters is 1. The molecule has 1 unspecified atom stereocenters. The van der Waals surface area contributed by atoms with Crippen LogP contribution in [-0.4, -0.2) is 45.8 Å². The van der Waals surface area contributed by atoms with Gasteiger partial charge in [-0.2, -0.15) is 4.72 Å². The van der Waals surface area contributed by atoms with Crippen molar-refractivity contribution in [3.63, 3.8) is 0 Å². The molecule has 0 aliphatic rings. The Kier molecular flexibility index (Phi) is 7.39. The van der Waals surface area contributed by atoms with Crippen LogP contribution in [0.1, 0.15) is 37.5 Å². The van der Waals surface area contributed by atoms with Crippen LogP contribution < -0.4 is 10.0 Å². The standard InChI is InChI=1S/C18H28N2O6S/c1-11-8-12(2)15(13(3)9-11)27(23,24)20-14(16(21)25-7)10-19-17(22)26-18(4,5)6/h8-9,14,20H,10H2,1-7H3,(H,19,22). The molecule has 0 spiro atoms. The normalized spacial score (nSPS) is 13.0. The summed E-state index contributed by atoms with van der Waals surface area (Å²) in [6.07, 6.45) is -0.765. The lowest BCUT2D eigenvalue weighted by molar-refractivity contribution is -0.142. The Labute approximate surface area is 160 Å². The summed E-state index contributed by atoms with van der Waals surface area (Å²) in [6, 6.07) is 2.19. The Hall–Kier alpha value is -2.13. The fourth-order valence-corrected chi connectivity index (χ4v) is 4.29. The largest absolute Gasteiger partial charge is 0.468 e. The molecule has 0 fully saturated rings. The van der Waals surface area contributed by atoms with E-state index in [0.717, 1.165) is 12.7 Å². The van der Waals surface area contributed by atoms with Crippen LogP contribution in [-0.2, 0) is 24.3 Å². The van der Waals surface area contributed by atoms with Gasteiger partial charge in [-0.3, -0.25) is 4.79 Å². The van der Waals surface area contributed by atoms with Gasteiger partial charge in [-0.05, 0) is 52.7 Å². The quantitative estimate of drug-likeness (QED) is 0.706. The van der Waals surface area contributed by atoms with Gasteiger partial charge in [-0.15, -0.1) is 0 Å². The summed E-state index contributed by atoms with van der Waals surface area (Å²) in [7, 11) is -2.88. The second-order valence-corrected chi connectivity index (χ2v) is 8.96.